The van der Waals surface area contributed by atoms with Crippen LogP contribution in [0.5, 0.6) is 11.8 Å². The molecule has 0 saturated carbocycles. The van der Waals surface area contributed by atoms with Crippen molar-refractivity contribution in [1.82, 2.24) is 14.8 Å². The largest absolute Gasteiger partial charge is 0.424 e. The topological polar surface area (TPSA) is 49.2 Å². The van der Waals surface area contributed by atoms with E-state index in [2.05, 4.69) is 32.9 Å². The van der Waals surface area contributed by atoms with Crippen molar-refractivity contribution in [3.8, 4) is 11.8 Å². The lowest BCUT2D eigenvalue weighted by molar-refractivity contribution is -0.112. The van der Waals surface area contributed by atoms with Gasteiger partial charge in [-0.05, 0) is 28.1 Å². The molecule has 0 atom stereocenters. The summed E-state index contributed by atoms with van der Waals surface area (Å²) in [6.45, 7) is 4.07. The maximum absolute atomic E-state index is 13.2. The lowest BCUT2D eigenvalue weighted by atomic mass is 9.89. The lowest BCUT2D eigenvalue weighted by Gasteiger charge is -2.37. The summed E-state index contributed by atoms with van der Waals surface area (Å²) in [7, 11) is 0. The van der Waals surface area contributed by atoms with E-state index in [0.29, 0.717) is 36.3 Å². The molecule has 2 heterocycles. The normalized spacial score (nSPS) is 16.6. The van der Waals surface area contributed by atoms with Gasteiger partial charge in [-0.15, -0.1) is 5.10 Å². The molecule has 3 rings (SSSR count). The molecule has 1 fully saturated rings. The van der Waals surface area contributed by atoms with Gasteiger partial charge in [-0.2, -0.15) is 4.98 Å². The minimum Gasteiger partial charge on any atom is -0.424 e. The first-order valence-electron chi connectivity index (χ1n) is 6.26. The van der Waals surface area contributed by atoms with Gasteiger partial charge in [0.25, 0.3) is 0 Å². The molecule has 1 aromatic carbocycles. The molecule has 2 aromatic rings. The predicted molar refractivity (Wildman–Crippen MR) is 78.1 cm³/mol. The van der Waals surface area contributed by atoms with Crippen molar-refractivity contribution in [2.24, 2.45) is 5.41 Å². The van der Waals surface area contributed by atoms with Crippen LogP contribution in [0.3, 0.4) is 0 Å². The van der Waals surface area contributed by atoms with E-state index in [4.69, 9.17) is 21.1 Å². The van der Waals surface area contributed by atoms with E-state index in [1.165, 1.54) is 18.2 Å². The summed E-state index contributed by atoms with van der Waals surface area (Å²) in [5.74, 6) is -0.0941. The molecule has 0 aliphatic carbocycles. The monoisotopic (exact) mass is 375 g/mol. The van der Waals surface area contributed by atoms with E-state index < -0.39 is 5.82 Å². The van der Waals surface area contributed by atoms with Crippen molar-refractivity contribution in [3.05, 3.63) is 33.8 Å². The smallest absolute Gasteiger partial charge is 0.321 e. The predicted octanol–water partition coefficient (Wildman–Crippen LogP) is 3.66. The number of hydrogen-bond acceptors (Lipinski definition) is 4. The number of hydrogen-bond donors (Lipinski definition) is 0. The van der Waals surface area contributed by atoms with E-state index in [0.717, 1.165) is 0 Å². The van der Waals surface area contributed by atoms with Crippen LogP contribution in [0.15, 0.2) is 22.9 Å². The van der Waals surface area contributed by atoms with Crippen molar-refractivity contribution in [1.29, 1.82) is 0 Å². The zero-order chi connectivity index (χ0) is 15.0. The van der Waals surface area contributed by atoms with Gasteiger partial charge in [-0.3, -0.25) is 0 Å². The summed E-state index contributed by atoms with van der Waals surface area (Å²) in [5, 5.41) is 4.25. The van der Waals surface area contributed by atoms with Crippen molar-refractivity contribution in [2.45, 2.75) is 13.5 Å². The van der Waals surface area contributed by atoms with Gasteiger partial charge < -0.3 is 9.47 Å². The van der Waals surface area contributed by atoms with Crippen LogP contribution in [-0.2, 0) is 11.3 Å². The third-order valence-corrected chi connectivity index (χ3v) is 3.77. The Morgan fingerprint density at radius 3 is 2.90 bits per heavy atom. The van der Waals surface area contributed by atoms with E-state index in [-0.39, 0.29) is 10.4 Å². The van der Waals surface area contributed by atoms with Gasteiger partial charge in [-0.25, -0.2) is 9.07 Å². The molecule has 0 spiro atoms. The Balaban J connectivity index is 1.82. The summed E-state index contributed by atoms with van der Waals surface area (Å²) in [4.78, 5) is 4.17. The fourth-order valence-corrected chi connectivity index (χ4v) is 2.54. The number of rotatable bonds is 4. The van der Waals surface area contributed by atoms with E-state index >= 15 is 0 Å². The first-order valence-corrected chi connectivity index (χ1v) is 7.43. The van der Waals surface area contributed by atoms with Gasteiger partial charge in [0.15, 0.2) is 0 Å². The first kappa shape index (κ1) is 14.7. The molecule has 1 saturated heterocycles. The quantitative estimate of drug-likeness (QED) is 0.817. The molecule has 5 nitrogen and oxygen atoms in total. The van der Waals surface area contributed by atoms with Gasteiger partial charge in [0.1, 0.15) is 11.6 Å². The minimum atomic E-state index is -0.495. The highest BCUT2D eigenvalue weighted by molar-refractivity contribution is 9.10. The van der Waals surface area contributed by atoms with Gasteiger partial charge in [0, 0.05) is 11.5 Å². The third-order valence-electron chi connectivity index (χ3n) is 3.14. The molecule has 112 valence electrons. The summed E-state index contributed by atoms with van der Waals surface area (Å²) in [6, 6.07) is 4.45. The Hall–Kier alpha value is -1.18. The highest BCUT2D eigenvalue weighted by Gasteiger charge is 2.35. The van der Waals surface area contributed by atoms with Crippen LogP contribution >= 0.6 is 27.5 Å². The Morgan fingerprint density at radius 2 is 2.29 bits per heavy atom. The second kappa shape index (κ2) is 5.55. The summed E-state index contributed by atoms with van der Waals surface area (Å²) < 4.78 is 26.1. The Morgan fingerprint density at radius 1 is 1.52 bits per heavy atom. The lowest BCUT2D eigenvalue weighted by Crippen LogP contribution is -2.43. The van der Waals surface area contributed by atoms with Crippen LogP contribution in [0.25, 0.3) is 0 Å². The number of aromatic nitrogens is 3. The zero-order valence-electron chi connectivity index (χ0n) is 11.1. The number of ether oxygens (including phenoxy) is 2. The summed E-state index contributed by atoms with van der Waals surface area (Å²) in [6.07, 6.45) is 0. The maximum atomic E-state index is 13.2. The summed E-state index contributed by atoms with van der Waals surface area (Å²) in [5.41, 5.74) is 0.0195. The second-order valence-electron chi connectivity index (χ2n) is 5.30. The molecule has 8 heteroatoms. The Kier molecular flexibility index (Phi) is 3.90. The van der Waals surface area contributed by atoms with Gasteiger partial charge >= 0.3 is 6.01 Å². The Bertz CT molecular complexity index is 675. The highest BCUT2D eigenvalue weighted by Crippen LogP contribution is 2.31. The van der Waals surface area contributed by atoms with E-state index in [1.807, 2.05) is 0 Å². The van der Waals surface area contributed by atoms with Crippen molar-refractivity contribution in [2.75, 3.05) is 13.2 Å². The van der Waals surface area contributed by atoms with Crippen LogP contribution in [-0.4, -0.2) is 28.0 Å². The van der Waals surface area contributed by atoms with Crippen molar-refractivity contribution in [3.63, 3.8) is 0 Å². The third kappa shape index (κ3) is 3.20. The molecule has 1 aliphatic rings. The maximum Gasteiger partial charge on any atom is 0.321 e. The van der Waals surface area contributed by atoms with Crippen LogP contribution < -0.4 is 4.74 Å². The van der Waals surface area contributed by atoms with Crippen LogP contribution in [0.2, 0.25) is 5.02 Å². The molecular formula is C13H12BrClFN3O2. The van der Waals surface area contributed by atoms with Gasteiger partial charge in [0.05, 0.1) is 24.8 Å². The van der Waals surface area contributed by atoms with Gasteiger partial charge in [0.2, 0.25) is 4.73 Å². The number of nitrogens with zero attached hydrogens (tertiary/aromatic N) is 3. The molecule has 0 N–H and O–H groups in total. The average Bonchev–Trinajstić information content (AvgIpc) is 2.72. The van der Waals surface area contributed by atoms with Crippen LogP contribution in [0, 0.1) is 11.2 Å². The van der Waals surface area contributed by atoms with E-state index in [9.17, 15) is 4.39 Å². The average molecular weight is 377 g/mol. The second-order valence-corrected chi connectivity index (χ2v) is 6.42. The fourth-order valence-electron chi connectivity index (χ4n) is 2.03. The Labute approximate surface area is 134 Å². The molecule has 1 aliphatic heterocycles. The van der Waals surface area contributed by atoms with Crippen molar-refractivity contribution < 1.29 is 13.9 Å². The zero-order valence-corrected chi connectivity index (χ0v) is 13.5. The number of halogens is 3. The minimum absolute atomic E-state index is 0.00279. The molecule has 0 unspecified atom stereocenters. The SMILES string of the molecule is CC1(Cn2nc(Br)nc2Oc2ccc(F)c(Cl)c2)COC1. The highest BCUT2D eigenvalue weighted by atomic mass is 79.9. The number of benzene rings is 1. The van der Waals surface area contributed by atoms with Crippen molar-refractivity contribution >= 4 is 27.5 Å². The molecule has 0 amide bonds. The molecular weight excluding hydrogens is 365 g/mol. The first-order chi connectivity index (χ1) is 9.95. The molecule has 0 radical (unpaired) electrons. The summed E-state index contributed by atoms with van der Waals surface area (Å²) >= 11 is 8.97. The van der Waals surface area contributed by atoms with E-state index in [1.54, 1.807) is 4.68 Å². The van der Waals surface area contributed by atoms with Crippen LogP contribution in [0.1, 0.15) is 6.92 Å². The molecule has 1 aromatic heterocycles. The van der Waals surface area contributed by atoms with Crippen LogP contribution in [0.4, 0.5) is 4.39 Å². The van der Waals surface area contributed by atoms with Gasteiger partial charge in [-0.1, -0.05) is 18.5 Å². The fraction of sp³-hybridized carbons (Fsp3) is 0.385. The molecule has 21 heavy (non-hydrogen) atoms. The standard InChI is InChI=1S/C13H12BrClFN3O2/c1-13(6-20-7-13)5-19-12(17-11(14)18-19)21-8-2-3-10(16)9(15)4-8/h2-4H,5-7H2,1H3. The molecule has 0 bridgehead atoms.